The standard InChI is InChI=1S/C26H26N2O7S/c1-5-34-19-10-8-16(13-21(19)35-6-2)23-17(25(31)33-4)14-27-26-28(23)24(30)22(36-26)12-15-7-9-18(29)20(11-15)32-3/h7-14,23,29H,5-6H2,1-4H3/b22-12-/t23-/m0/s1. The Kier molecular flexibility index (Phi) is 7.44. The van der Waals surface area contributed by atoms with Gasteiger partial charge in [0.15, 0.2) is 27.8 Å². The van der Waals surface area contributed by atoms with Gasteiger partial charge < -0.3 is 24.1 Å². The molecule has 0 aliphatic carbocycles. The van der Waals surface area contributed by atoms with E-state index in [1.165, 1.54) is 42.4 Å². The molecular weight excluding hydrogens is 484 g/mol. The first kappa shape index (κ1) is 25.1. The third kappa shape index (κ3) is 4.72. The predicted molar refractivity (Wildman–Crippen MR) is 135 cm³/mol. The molecule has 0 unspecified atom stereocenters. The summed E-state index contributed by atoms with van der Waals surface area (Å²) in [5, 5.41) is 9.88. The van der Waals surface area contributed by atoms with E-state index in [1.54, 1.807) is 36.4 Å². The summed E-state index contributed by atoms with van der Waals surface area (Å²) in [6, 6.07) is 9.35. The molecule has 0 fully saturated rings. The van der Waals surface area contributed by atoms with Crippen LogP contribution in [0, 0.1) is 0 Å². The number of carbonyl (C=O) groups excluding carboxylic acids is 1. The van der Waals surface area contributed by atoms with Crippen LogP contribution in [0.2, 0.25) is 0 Å². The average Bonchev–Trinajstić information content (AvgIpc) is 3.20. The minimum absolute atomic E-state index is 0.000526. The number of fused-ring (bicyclic) bond motifs is 1. The number of phenols is 1. The number of aromatic nitrogens is 1. The van der Waals surface area contributed by atoms with Gasteiger partial charge in [-0.25, -0.2) is 9.79 Å². The number of carbonyl (C=O) groups is 1. The lowest BCUT2D eigenvalue weighted by atomic mass is 9.97. The van der Waals surface area contributed by atoms with Gasteiger partial charge in [-0.1, -0.05) is 23.5 Å². The third-order valence-corrected chi connectivity index (χ3v) is 6.51. The van der Waals surface area contributed by atoms with Gasteiger partial charge in [-0.05, 0) is 55.3 Å². The summed E-state index contributed by atoms with van der Waals surface area (Å²) in [5.74, 6) is 0.782. The number of hydrogen-bond donors (Lipinski definition) is 1. The second-order valence-electron chi connectivity index (χ2n) is 7.68. The van der Waals surface area contributed by atoms with E-state index in [0.29, 0.717) is 50.9 Å². The second kappa shape index (κ2) is 10.7. The fraction of sp³-hybridized carbons (Fsp3) is 0.269. The van der Waals surface area contributed by atoms with Crippen molar-refractivity contribution in [2.75, 3.05) is 27.4 Å². The summed E-state index contributed by atoms with van der Waals surface area (Å²) in [5.41, 5.74) is 1.21. The summed E-state index contributed by atoms with van der Waals surface area (Å²) >= 11 is 1.19. The van der Waals surface area contributed by atoms with Crippen LogP contribution >= 0.6 is 11.3 Å². The first-order valence-electron chi connectivity index (χ1n) is 11.3. The highest BCUT2D eigenvalue weighted by Crippen LogP contribution is 2.35. The smallest absolute Gasteiger partial charge is 0.337 e. The lowest BCUT2D eigenvalue weighted by Gasteiger charge is -2.23. The lowest BCUT2D eigenvalue weighted by molar-refractivity contribution is -0.136. The van der Waals surface area contributed by atoms with Crippen molar-refractivity contribution in [1.29, 1.82) is 0 Å². The highest BCUT2D eigenvalue weighted by atomic mass is 32.1. The second-order valence-corrected chi connectivity index (χ2v) is 8.69. The van der Waals surface area contributed by atoms with Crippen LogP contribution in [0.5, 0.6) is 23.0 Å². The molecule has 9 nitrogen and oxygen atoms in total. The molecular formula is C26H26N2O7S. The summed E-state index contributed by atoms with van der Waals surface area (Å²) in [7, 11) is 2.74. The van der Waals surface area contributed by atoms with E-state index in [1.807, 2.05) is 13.8 Å². The first-order chi connectivity index (χ1) is 17.4. The fourth-order valence-electron chi connectivity index (χ4n) is 3.92. The highest BCUT2D eigenvalue weighted by molar-refractivity contribution is 7.07. The van der Waals surface area contributed by atoms with Crippen LogP contribution in [0.25, 0.3) is 6.08 Å². The monoisotopic (exact) mass is 510 g/mol. The molecule has 1 N–H and O–H groups in total. The molecule has 188 valence electrons. The van der Waals surface area contributed by atoms with E-state index in [4.69, 9.17) is 18.9 Å². The fourth-order valence-corrected chi connectivity index (χ4v) is 4.89. The topological polar surface area (TPSA) is 109 Å². The zero-order valence-electron chi connectivity index (χ0n) is 20.3. The number of methoxy groups -OCH3 is 2. The van der Waals surface area contributed by atoms with Crippen molar-refractivity contribution in [3.63, 3.8) is 0 Å². The van der Waals surface area contributed by atoms with Crippen molar-refractivity contribution in [3.05, 3.63) is 79.0 Å². The molecule has 1 aliphatic rings. The Bertz CT molecular complexity index is 1500. The molecule has 36 heavy (non-hydrogen) atoms. The molecule has 0 saturated heterocycles. The highest BCUT2D eigenvalue weighted by Gasteiger charge is 2.31. The minimum Gasteiger partial charge on any atom is -0.504 e. The molecule has 0 amide bonds. The first-order valence-corrected chi connectivity index (χ1v) is 12.1. The molecule has 0 saturated carbocycles. The average molecular weight is 511 g/mol. The molecule has 2 heterocycles. The number of hydrogen-bond acceptors (Lipinski definition) is 9. The van der Waals surface area contributed by atoms with Crippen molar-refractivity contribution >= 4 is 23.4 Å². The lowest BCUT2D eigenvalue weighted by Crippen LogP contribution is -2.39. The minimum atomic E-state index is -0.778. The summed E-state index contributed by atoms with van der Waals surface area (Å²) in [4.78, 5) is 31.1. The van der Waals surface area contributed by atoms with Crippen molar-refractivity contribution in [1.82, 2.24) is 4.57 Å². The van der Waals surface area contributed by atoms with Crippen molar-refractivity contribution in [2.24, 2.45) is 4.99 Å². The van der Waals surface area contributed by atoms with Crippen LogP contribution in [0.15, 0.2) is 58.0 Å². The Balaban J connectivity index is 1.90. The van der Waals surface area contributed by atoms with E-state index in [2.05, 4.69) is 4.99 Å². The Morgan fingerprint density at radius 3 is 2.53 bits per heavy atom. The predicted octanol–water partition coefficient (Wildman–Crippen LogP) is 2.53. The maximum Gasteiger partial charge on any atom is 0.337 e. The number of benzene rings is 2. The van der Waals surface area contributed by atoms with Crippen LogP contribution in [-0.4, -0.2) is 43.1 Å². The number of nitrogens with zero attached hydrogens (tertiary/aromatic N) is 2. The third-order valence-electron chi connectivity index (χ3n) is 5.51. The van der Waals surface area contributed by atoms with Gasteiger partial charge in [-0.15, -0.1) is 0 Å². The molecule has 3 aromatic rings. The zero-order valence-corrected chi connectivity index (χ0v) is 21.1. The van der Waals surface area contributed by atoms with Gasteiger partial charge in [0.1, 0.15) is 0 Å². The Morgan fingerprint density at radius 2 is 1.83 bits per heavy atom. The molecule has 4 rings (SSSR count). The number of ether oxygens (including phenoxy) is 4. The van der Waals surface area contributed by atoms with E-state index in [0.717, 1.165) is 0 Å². The summed E-state index contributed by atoms with van der Waals surface area (Å²) in [6.45, 7) is 4.62. The largest absolute Gasteiger partial charge is 0.504 e. The Morgan fingerprint density at radius 1 is 1.08 bits per heavy atom. The van der Waals surface area contributed by atoms with Crippen molar-refractivity contribution in [3.8, 4) is 23.0 Å². The van der Waals surface area contributed by atoms with Gasteiger partial charge in [0.2, 0.25) is 0 Å². The SMILES string of the molecule is CCOc1ccc([C@H]2C(C(=O)OC)=CN=c3s/c(=C\c4ccc(O)c(OC)c4)c(=O)n32)cc1OCC. The van der Waals surface area contributed by atoms with Crippen LogP contribution in [0.1, 0.15) is 31.0 Å². The number of esters is 1. The molecule has 2 aromatic carbocycles. The normalized spacial score (nSPS) is 14.9. The van der Waals surface area contributed by atoms with E-state index in [-0.39, 0.29) is 16.9 Å². The zero-order chi connectivity index (χ0) is 25.8. The number of rotatable bonds is 8. The van der Waals surface area contributed by atoms with Gasteiger partial charge in [-0.3, -0.25) is 9.36 Å². The van der Waals surface area contributed by atoms with Crippen molar-refractivity contribution in [2.45, 2.75) is 19.9 Å². The molecule has 1 aromatic heterocycles. The van der Waals surface area contributed by atoms with Crippen LogP contribution in [0.4, 0.5) is 0 Å². The molecule has 0 radical (unpaired) electrons. The Hall–Kier alpha value is -4.05. The van der Waals surface area contributed by atoms with Gasteiger partial charge in [0.05, 0.1) is 43.6 Å². The van der Waals surface area contributed by atoms with Gasteiger partial charge in [0.25, 0.3) is 5.56 Å². The number of phenolic OH excluding ortho intramolecular Hbond substituents is 1. The number of aromatic hydroxyl groups is 1. The summed E-state index contributed by atoms with van der Waals surface area (Å²) in [6.07, 6.45) is 3.13. The summed E-state index contributed by atoms with van der Waals surface area (Å²) < 4.78 is 23.5. The quantitative estimate of drug-likeness (QED) is 0.464. The molecule has 10 heteroatoms. The van der Waals surface area contributed by atoms with Crippen LogP contribution < -0.4 is 29.1 Å². The van der Waals surface area contributed by atoms with E-state index in [9.17, 15) is 14.7 Å². The maximum atomic E-state index is 13.6. The molecule has 1 atom stereocenters. The van der Waals surface area contributed by atoms with Gasteiger partial charge in [-0.2, -0.15) is 0 Å². The van der Waals surface area contributed by atoms with Crippen molar-refractivity contribution < 1.29 is 28.8 Å². The van der Waals surface area contributed by atoms with Crippen LogP contribution in [0.3, 0.4) is 0 Å². The van der Waals surface area contributed by atoms with Crippen LogP contribution in [-0.2, 0) is 9.53 Å². The maximum absolute atomic E-state index is 13.6. The van der Waals surface area contributed by atoms with E-state index >= 15 is 0 Å². The van der Waals surface area contributed by atoms with E-state index < -0.39 is 12.0 Å². The Labute approximate surface area is 211 Å². The number of thiazole rings is 1. The molecule has 0 spiro atoms. The molecule has 0 bridgehead atoms. The molecule has 1 aliphatic heterocycles. The van der Waals surface area contributed by atoms with Gasteiger partial charge >= 0.3 is 5.97 Å². The van der Waals surface area contributed by atoms with Gasteiger partial charge in [0, 0.05) is 6.20 Å².